The lowest BCUT2D eigenvalue weighted by atomic mass is 10.1. The molecule has 1 aromatic carbocycles. The van der Waals surface area contributed by atoms with Crippen LogP contribution in [0, 0.1) is 6.92 Å². The molecular formula is C13H19N3O2. The predicted octanol–water partition coefficient (Wildman–Crippen LogP) is 0.494. The summed E-state index contributed by atoms with van der Waals surface area (Å²) >= 11 is 0. The molecule has 1 aromatic rings. The largest absolute Gasteiger partial charge is 0.382 e. The van der Waals surface area contributed by atoms with E-state index in [-0.39, 0.29) is 6.10 Å². The van der Waals surface area contributed by atoms with Crippen LogP contribution in [0.4, 0.5) is 5.69 Å². The number of aryl methyl sites for hydroxylation is 1. The molecule has 1 atom stereocenters. The van der Waals surface area contributed by atoms with Gasteiger partial charge in [-0.15, -0.1) is 0 Å². The maximum absolute atomic E-state index is 11.3. The number of anilines is 1. The van der Waals surface area contributed by atoms with Crippen LogP contribution < -0.4 is 16.4 Å². The molecule has 5 heteroatoms. The zero-order chi connectivity index (χ0) is 13.0. The molecule has 5 nitrogen and oxygen atoms in total. The van der Waals surface area contributed by atoms with Crippen LogP contribution in [0.2, 0.25) is 0 Å². The first-order valence-electron chi connectivity index (χ1n) is 6.13. The second kappa shape index (κ2) is 5.84. The Morgan fingerprint density at radius 3 is 3.11 bits per heavy atom. The van der Waals surface area contributed by atoms with Gasteiger partial charge in [-0.3, -0.25) is 4.79 Å². The first-order chi connectivity index (χ1) is 8.66. The van der Waals surface area contributed by atoms with E-state index in [0.29, 0.717) is 12.1 Å². The summed E-state index contributed by atoms with van der Waals surface area (Å²) in [5.41, 5.74) is 7.73. The van der Waals surface area contributed by atoms with Crippen molar-refractivity contribution in [3.63, 3.8) is 0 Å². The number of hydrogen-bond donors (Lipinski definition) is 3. The number of hydrogen-bond acceptors (Lipinski definition) is 4. The first kappa shape index (κ1) is 12.9. The van der Waals surface area contributed by atoms with Crippen molar-refractivity contribution in [1.29, 1.82) is 0 Å². The van der Waals surface area contributed by atoms with Crippen molar-refractivity contribution in [3.05, 3.63) is 29.3 Å². The van der Waals surface area contributed by atoms with Gasteiger partial charge in [-0.05, 0) is 24.6 Å². The number of carbonyl (C=O) groups excluding carboxylic acids is 1. The Balaban J connectivity index is 2.03. The molecule has 98 valence electrons. The number of morpholine rings is 1. The Morgan fingerprint density at radius 2 is 2.44 bits per heavy atom. The summed E-state index contributed by atoms with van der Waals surface area (Å²) < 4.78 is 5.59. The van der Waals surface area contributed by atoms with Gasteiger partial charge in [0.1, 0.15) is 0 Å². The lowest BCUT2D eigenvalue weighted by Gasteiger charge is -2.24. The highest BCUT2D eigenvalue weighted by Gasteiger charge is 2.14. The second-order valence-electron chi connectivity index (χ2n) is 4.49. The van der Waals surface area contributed by atoms with Crippen LogP contribution in [0.3, 0.4) is 0 Å². The minimum absolute atomic E-state index is 0.125. The van der Waals surface area contributed by atoms with Crippen molar-refractivity contribution in [3.8, 4) is 0 Å². The molecule has 1 saturated heterocycles. The molecule has 0 bridgehead atoms. The summed E-state index contributed by atoms with van der Waals surface area (Å²) in [4.78, 5) is 11.3. The van der Waals surface area contributed by atoms with Gasteiger partial charge < -0.3 is 21.1 Å². The predicted molar refractivity (Wildman–Crippen MR) is 70.8 cm³/mol. The molecule has 1 heterocycles. The Morgan fingerprint density at radius 1 is 1.61 bits per heavy atom. The van der Waals surface area contributed by atoms with Crippen molar-refractivity contribution < 1.29 is 9.53 Å². The zero-order valence-corrected chi connectivity index (χ0v) is 10.5. The molecule has 1 aliphatic heterocycles. The van der Waals surface area contributed by atoms with Crippen molar-refractivity contribution in [2.75, 3.05) is 31.6 Å². The van der Waals surface area contributed by atoms with Gasteiger partial charge in [-0.25, -0.2) is 0 Å². The van der Waals surface area contributed by atoms with E-state index in [0.717, 1.165) is 30.9 Å². The number of primary amides is 1. The molecule has 0 spiro atoms. The molecule has 1 unspecified atom stereocenters. The van der Waals surface area contributed by atoms with Crippen LogP contribution in [0.5, 0.6) is 0 Å². The van der Waals surface area contributed by atoms with E-state index in [1.54, 1.807) is 6.07 Å². The van der Waals surface area contributed by atoms with Gasteiger partial charge in [-0.1, -0.05) is 6.07 Å². The number of nitrogens with one attached hydrogen (secondary N) is 2. The lowest BCUT2D eigenvalue weighted by molar-refractivity contribution is 0.0372. The lowest BCUT2D eigenvalue weighted by Crippen LogP contribution is -2.42. The van der Waals surface area contributed by atoms with Crippen LogP contribution in [-0.4, -0.2) is 38.3 Å². The summed E-state index contributed by atoms with van der Waals surface area (Å²) in [7, 11) is 0. The summed E-state index contributed by atoms with van der Waals surface area (Å²) in [6.07, 6.45) is 0.125. The third-order valence-corrected chi connectivity index (χ3v) is 2.97. The molecule has 0 aromatic heterocycles. The SMILES string of the molecule is Cc1ccc(C(N)=O)c(NCC2CNCCO2)c1. The summed E-state index contributed by atoms with van der Waals surface area (Å²) in [6.45, 7) is 5.09. The van der Waals surface area contributed by atoms with Gasteiger partial charge >= 0.3 is 0 Å². The molecule has 2 rings (SSSR count). The minimum Gasteiger partial charge on any atom is -0.382 e. The van der Waals surface area contributed by atoms with Crippen LogP contribution in [0.1, 0.15) is 15.9 Å². The van der Waals surface area contributed by atoms with Crippen molar-refractivity contribution in [2.24, 2.45) is 5.73 Å². The van der Waals surface area contributed by atoms with E-state index in [1.807, 2.05) is 19.1 Å². The third kappa shape index (κ3) is 3.21. The molecule has 4 N–H and O–H groups in total. The van der Waals surface area contributed by atoms with Crippen molar-refractivity contribution in [2.45, 2.75) is 13.0 Å². The molecule has 0 radical (unpaired) electrons. The van der Waals surface area contributed by atoms with Gasteiger partial charge in [0.15, 0.2) is 0 Å². The molecule has 1 amide bonds. The molecule has 0 aliphatic carbocycles. The normalized spacial score (nSPS) is 19.5. The maximum atomic E-state index is 11.3. The van der Waals surface area contributed by atoms with Gasteiger partial charge in [0.25, 0.3) is 5.91 Å². The van der Waals surface area contributed by atoms with Gasteiger partial charge in [0, 0.05) is 25.3 Å². The second-order valence-corrected chi connectivity index (χ2v) is 4.49. The summed E-state index contributed by atoms with van der Waals surface area (Å²) in [5.74, 6) is -0.416. The number of ether oxygens (including phenoxy) is 1. The smallest absolute Gasteiger partial charge is 0.250 e. The molecule has 18 heavy (non-hydrogen) atoms. The zero-order valence-electron chi connectivity index (χ0n) is 10.5. The Kier molecular flexibility index (Phi) is 4.17. The summed E-state index contributed by atoms with van der Waals surface area (Å²) in [5, 5.41) is 6.50. The van der Waals surface area contributed by atoms with Crippen LogP contribution in [0.25, 0.3) is 0 Å². The topological polar surface area (TPSA) is 76.4 Å². The quantitative estimate of drug-likeness (QED) is 0.726. The Hall–Kier alpha value is -1.59. The van der Waals surface area contributed by atoms with E-state index in [9.17, 15) is 4.79 Å². The fourth-order valence-electron chi connectivity index (χ4n) is 1.99. The average molecular weight is 249 g/mol. The van der Waals surface area contributed by atoms with E-state index in [2.05, 4.69) is 10.6 Å². The molecule has 1 aliphatic rings. The van der Waals surface area contributed by atoms with E-state index in [4.69, 9.17) is 10.5 Å². The number of amides is 1. The molecule has 1 fully saturated rings. The van der Waals surface area contributed by atoms with E-state index >= 15 is 0 Å². The number of rotatable bonds is 4. The van der Waals surface area contributed by atoms with E-state index in [1.165, 1.54) is 0 Å². The minimum atomic E-state index is -0.416. The highest BCUT2D eigenvalue weighted by molar-refractivity contribution is 5.98. The summed E-state index contributed by atoms with van der Waals surface area (Å²) in [6, 6.07) is 5.56. The Bertz CT molecular complexity index is 428. The van der Waals surface area contributed by atoms with Crippen molar-refractivity contribution >= 4 is 11.6 Å². The van der Waals surface area contributed by atoms with Gasteiger partial charge in [-0.2, -0.15) is 0 Å². The van der Waals surface area contributed by atoms with Crippen molar-refractivity contribution in [1.82, 2.24) is 5.32 Å². The highest BCUT2D eigenvalue weighted by atomic mass is 16.5. The van der Waals surface area contributed by atoms with Crippen LogP contribution in [0.15, 0.2) is 18.2 Å². The standard InChI is InChI=1S/C13H19N3O2/c1-9-2-3-11(13(14)17)12(6-9)16-8-10-7-15-4-5-18-10/h2-3,6,10,15-16H,4-5,7-8H2,1H3,(H2,14,17). The number of benzene rings is 1. The fourth-order valence-corrected chi connectivity index (χ4v) is 1.99. The van der Waals surface area contributed by atoms with E-state index < -0.39 is 5.91 Å². The monoisotopic (exact) mass is 249 g/mol. The molecular weight excluding hydrogens is 230 g/mol. The number of nitrogens with two attached hydrogens (primary N) is 1. The molecule has 0 saturated carbocycles. The first-order valence-corrected chi connectivity index (χ1v) is 6.13. The fraction of sp³-hybridized carbons (Fsp3) is 0.462. The number of carbonyl (C=O) groups is 1. The van der Waals surface area contributed by atoms with Crippen LogP contribution in [-0.2, 0) is 4.74 Å². The van der Waals surface area contributed by atoms with Gasteiger partial charge in [0.2, 0.25) is 0 Å². The maximum Gasteiger partial charge on any atom is 0.250 e. The van der Waals surface area contributed by atoms with Gasteiger partial charge in [0.05, 0.1) is 18.3 Å². The third-order valence-electron chi connectivity index (χ3n) is 2.97. The van der Waals surface area contributed by atoms with Crippen LogP contribution >= 0.6 is 0 Å². The average Bonchev–Trinajstić information content (AvgIpc) is 2.37. The highest BCUT2D eigenvalue weighted by Crippen LogP contribution is 2.17. The Labute approximate surface area is 107 Å².